The number of pyridine rings is 1. The lowest BCUT2D eigenvalue weighted by atomic mass is 10.0. The van der Waals surface area contributed by atoms with Crippen molar-refractivity contribution in [2.45, 2.75) is 34.2 Å². The lowest BCUT2D eigenvalue weighted by Crippen LogP contribution is -2.27. The molecule has 0 fully saturated rings. The summed E-state index contributed by atoms with van der Waals surface area (Å²) in [5, 5.41) is 3.70. The lowest BCUT2D eigenvalue weighted by Gasteiger charge is -2.09. The molecule has 0 aliphatic heterocycles. The van der Waals surface area contributed by atoms with E-state index >= 15 is 0 Å². The van der Waals surface area contributed by atoms with Gasteiger partial charge in [-0.25, -0.2) is 9.97 Å². The first-order valence-electron chi connectivity index (χ1n) is 11.0. The van der Waals surface area contributed by atoms with Crippen molar-refractivity contribution in [3.05, 3.63) is 87.5 Å². The fraction of sp³-hybridized carbons (Fsp3) is 0.185. The van der Waals surface area contributed by atoms with Gasteiger partial charge in [-0.2, -0.15) is 0 Å². The van der Waals surface area contributed by atoms with Gasteiger partial charge >= 0.3 is 0 Å². The van der Waals surface area contributed by atoms with Crippen molar-refractivity contribution < 1.29 is 4.79 Å². The number of amides is 1. The second-order valence-electron chi connectivity index (χ2n) is 8.65. The Labute approximate surface area is 200 Å². The Morgan fingerprint density at radius 3 is 2.41 bits per heavy atom. The Balaban J connectivity index is 1.46. The molecule has 2 aromatic carbocycles. The number of hydrogen-bond acceptors (Lipinski definition) is 5. The summed E-state index contributed by atoms with van der Waals surface area (Å²) in [6.07, 6.45) is 1.44. The van der Waals surface area contributed by atoms with E-state index in [1.807, 2.05) is 44.2 Å². The first kappa shape index (κ1) is 22.0. The maximum Gasteiger partial charge on any atom is 0.271 e. The van der Waals surface area contributed by atoms with E-state index in [0.717, 1.165) is 32.6 Å². The molecule has 34 heavy (non-hydrogen) atoms. The zero-order valence-corrected chi connectivity index (χ0v) is 20.3. The number of thiophene rings is 1. The van der Waals surface area contributed by atoms with Gasteiger partial charge in [0.1, 0.15) is 16.1 Å². The number of aromatic nitrogens is 3. The van der Waals surface area contributed by atoms with Crippen LogP contribution in [0.3, 0.4) is 0 Å². The van der Waals surface area contributed by atoms with Crippen LogP contribution in [0.15, 0.2) is 59.7 Å². The summed E-state index contributed by atoms with van der Waals surface area (Å²) in [6.45, 7) is 8.07. The highest BCUT2D eigenvalue weighted by atomic mass is 32.1. The Morgan fingerprint density at radius 2 is 1.68 bits per heavy atom. The number of fused-ring (bicyclic) bond motifs is 3. The monoisotopic (exact) mass is 468 g/mol. The average molecular weight is 469 g/mol. The van der Waals surface area contributed by atoms with Gasteiger partial charge < -0.3 is 5.32 Å². The molecule has 5 rings (SSSR count). The molecule has 0 saturated heterocycles. The van der Waals surface area contributed by atoms with Crippen molar-refractivity contribution in [2.75, 3.05) is 5.32 Å². The predicted molar refractivity (Wildman–Crippen MR) is 139 cm³/mol. The van der Waals surface area contributed by atoms with Crippen molar-refractivity contribution in [1.82, 2.24) is 14.5 Å². The zero-order chi connectivity index (χ0) is 24.0. The molecule has 6 nitrogen and oxygen atoms in total. The van der Waals surface area contributed by atoms with Gasteiger partial charge in [0.15, 0.2) is 0 Å². The molecule has 3 heterocycles. The molecule has 5 aromatic rings. The second kappa shape index (κ2) is 8.50. The van der Waals surface area contributed by atoms with Crippen LogP contribution in [-0.2, 0) is 11.3 Å². The zero-order valence-electron chi connectivity index (χ0n) is 19.5. The van der Waals surface area contributed by atoms with E-state index in [2.05, 4.69) is 42.3 Å². The van der Waals surface area contributed by atoms with E-state index in [1.54, 1.807) is 0 Å². The summed E-state index contributed by atoms with van der Waals surface area (Å²) in [6, 6.07) is 15.9. The van der Waals surface area contributed by atoms with Gasteiger partial charge in [-0.15, -0.1) is 11.3 Å². The first-order valence-corrected chi connectivity index (χ1v) is 11.9. The minimum absolute atomic E-state index is 0.107. The van der Waals surface area contributed by atoms with Gasteiger partial charge in [-0.05, 0) is 80.3 Å². The fourth-order valence-corrected chi connectivity index (χ4v) is 4.97. The topological polar surface area (TPSA) is 76.9 Å². The number of carbonyl (C=O) groups is 1. The third-order valence-corrected chi connectivity index (χ3v) is 7.29. The quantitative estimate of drug-likeness (QED) is 0.375. The van der Waals surface area contributed by atoms with Crippen LogP contribution in [0.2, 0.25) is 0 Å². The summed E-state index contributed by atoms with van der Waals surface area (Å²) in [5.74, 6) is -0.275. The van der Waals surface area contributed by atoms with Crippen LogP contribution in [0.25, 0.3) is 31.7 Å². The van der Waals surface area contributed by atoms with Crippen molar-refractivity contribution in [2.24, 2.45) is 0 Å². The van der Waals surface area contributed by atoms with E-state index in [1.165, 1.54) is 33.4 Å². The number of nitrogens with zero attached hydrogens (tertiary/aromatic N) is 3. The normalized spacial score (nSPS) is 11.3. The summed E-state index contributed by atoms with van der Waals surface area (Å²) < 4.78 is 1.85. The van der Waals surface area contributed by atoms with E-state index in [4.69, 9.17) is 4.98 Å². The molecule has 0 bridgehead atoms. The predicted octanol–water partition coefficient (Wildman–Crippen LogP) is 5.55. The molecular weight excluding hydrogens is 444 g/mol. The molecule has 0 unspecified atom stereocenters. The van der Waals surface area contributed by atoms with Crippen LogP contribution in [-0.4, -0.2) is 20.4 Å². The van der Waals surface area contributed by atoms with Crippen LogP contribution in [0.1, 0.15) is 22.3 Å². The van der Waals surface area contributed by atoms with Crippen LogP contribution in [0.5, 0.6) is 0 Å². The molecule has 0 saturated carbocycles. The van der Waals surface area contributed by atoms with Gasteiger partial charge in [0.2, 0.25) is 5.91 Å². The second-order valence-corrected chi connectivity index (χ2v) is 9.65. The lowest BCUT2D eigenvalue weighted by molar-refractivity contribution is -0.116. The molecule has 7 heteroatoms. The molecule has 170 valence electrons. The van der Waals surface area contributed by atoms with Crippen molar-refractivity contribution >= 4 is 43.4 Å². The summed E-state index contributed by atoms with van der Waals surface area (Å²) in [5.41, 5.74) is 7.67. The third kappa shape index (κ3) is 3.99. The van der Waals surface area contributed by atoms with Gasteiger partial charge in [0.25, 0.3) is 5.56 Å². The Bertz CT molecular complexity index is 1650. The molecule has 3 aromatic heterocycles. The van der Waals surface area contributed by atoms with Crippen LogP contribution in [0.4, 0.5) is 5.69 Å². The van der Waals surface area contributed by atoms with Gasteiger partial charge in [0.05, 0.1) is 17.5 Å². The third-order valence-electron chi connectivity index (χ3n) is 6.22. The summed E-state index contributed by atoms with van der Waals surface area (Å²) in [7, 11) is 0. The summed E-state index contributed by atoms with van der Waals surface area (Å²) >= 11 is 1.31. The van der Waals surface area contributed by atoms with Crippen molar-refractivity contribution in [1.29, 1.82) is 0 Å². The highest BCUT2D eigenvalue weighted by molar-refractivity contribution is 7.25. The van der Waals surface area contributed by atoms with Crippen molar-refractivity contribution in [3.8, 4) is 11.3 Å². The molecule has 0 radical (unpaired) electrons. The first-order chi connectivity index (χ1) is 16.3. The Kier molecular flexibility index (Phi) is 5.49. The largest absolute Gasteiger partial charge is 0.325 e. The van der Waals surface area contributed by atoms with Gasteiger partial charge in [-0.1, -0.05) is 18.2 Å². The maximum atomic E-state index is 13.1. The van der Waals surface area contributed by atoms with Gasteiger partial charge in [0, 0.05) is 16.6 Å². The average Bonchev–Trinajstić information content (AvgIpc) is 3.18. The van der Waals surface area contributed by atoms with Crippen LogP contribution < -0.4 is 10.9 Å². The van der Waals surface area contributed by atoms with E-state index < -0.39 is 0 Å². The smallest absolute Gasteiger partial charge is 0.271 e. The summed E-state index contributed by atoms with van der Waals surface area (Å²) in [4.78, 5) is 35.8. The molecule has 0 aliphatic rings. The van der Waals surface area contributed by atoms with Gasteiger partial charge in [-0.3, -0.25) is 14.2 Å². The molecule has 0 aliphatic carbocycles. The maximum absolute atomic E-state index is 13.1. The Hall–Kier alpha value is -3.84. The van der Waals surface area contributed by atoms with Crippen LogP contribution >= 0.6 is 11.3 Å². The number of nitrogens with one attached hydrogen (secondary N) is 1. The minimum atomic E-state index is -0.275. The minimum Gasteiger partial charge on any atom is -0.325 e. The molecule has 1 amide bonds. The van der Waals surface area contributed by atoms with E-state index in [9.17, 15) is 9.59 Å². The molecular formula is C27H24N4O2S. The molecule has 0 atom stereocenters. The highest BCUT2D eigenvalue weighted by Gasteiger charge is 2.15. The number of anilines is 1. The van der Waals surface area contributed by atoms with Crippen LogP contribution in [0, 0.1) is 27.7 Å². The van der Waals surface area contributed by atoms with Crippen molar-refractivity contribution in [3.63, 3.8) is 0 Å². The number of hydrogen-bond donors (Lipinski definition) is 1. The number of carbonyl (C=O) groups excluding carboxylic acids is 1. The van der Waals surface area contributed by atoms with E-state index in [-0.39, 0.29) is 18.0 Å². The van der Waals surface area contributed by atoms with E-state index in [0.29, 0.717) is 15.9 Å². The highest BCUT2D eigenvalue weighted by Crippen LogP contribution is 2.31. The number of rotatable bonds is 4. The number of benzene rings is 2. The fourth-order valence-electron chi connectivity index (χ4n) is 3.90. The number of aryl methyl sites for hydroxylation is 4. The molecule has 1 N–H and O–H groups in total. The SMILES string of the molecule is Cc1ccc(NC(=O)Cn2cnc3c(sc4nc(-c5ccc(C)c(C)c5)ccc43)c2=O)cc1C. The molecule has 0 spiro atoms. The standard InChI is InChI=1S/C27H24N4O2S/c1-15-5-7-19(11-17(15)3)22-10-9-21-24-25(34-26(21)30-22)27(33)31(14-28-24)13-23(32)29-20-8-6-16(2)18(4)12-20/h5-12,14H,13H2,1-4H3,(H,29,32). The Morgan fingerprint density at radius 1 is 0.941 bits per heavy atom.